The Morgan fingerprint density at radius 3 is 2.48 bits per heavy atom. The van der Waals surface area contributed by atoms with Crippen LogP contribution in [0.25, 0.3) is 5.69 Å². The molecule has 2 aromatic carbocycles. The molecular weight excluding hydrogens is 362 g/mol. The van der Waals surface area contributed by atoms with Crippen molar-refractivity contribution in [2.45, 2.75) is 13.3 Å². The number of hydrogen-bond acceptors (Lipinski definition) is 4. The lowest BCUT2D eigenvalue weighted by Crippen LogP contribution is -2.46. The number of likely N-dealkylation sites (N-methyl/N-ethyl adjacent to an activating group) is 1. The second-order valence-electron chi connectivity index (χ2n) is 7.29. The van der Waals surface area contributed by atoms with E-state index in [0.29, 0.717) is 6.42 Å². The van der Waals surface area contributed by atoms with Crippen molar-refractivity contribution in [3.05, 3.63) is 72.6 Å². The highest BCUT2D eigenvalue weighted by molar-refractivity contribution is 5.95. The fourth-order valence-corrected chi connectivity index (χ4v) is 3.71. The molecule has 6 nitrogen and oxygen atoms in total. The second-order valence-corrected chi connectivity index (χ2v) is 7.29. The van der Waals surface area contributed by atoms with Crippen LogP contribution in [0.1, 0.15) is 12.5 Å². The first-order chi connectivity index (χ1) is 14.2. The highest BCUT2D eigenvalue weighted by Crippen LogP contribution is 2.26. The number of hydrogen-bond donors (Lipinski definition) is 1. The molecule has 0 radical (unpaired) electrons. The number of amides is 1. The van der Waals surface area contributed by atoms with Crippen LogP contribution in [0.4, 0.5) is 11.4 Å². The number of nitrogens with one attached hydrogen (secondary N) is 1. The Morgan fingerprint density at radius 2 is 1.72 bits per heavy atom. The summed E-state index contributed by atoms with van der Waals surface area (Å²) in [5.41, 5.74) is 3.84. The number of anilines is 2. The van der Waals surface area contributed by atoms with Crippen LogP contribution in [-0.2, 0) is 11.2 Å². The van der Waals surface area contributed by atoms with Crippen LogP contribution in [0.3, 0.4) is 0 Å². The van der Waals surface area contributed by atoms with E-state index in [-0.39, 0.29) is 5.91 Å². The van der Waals surface area contributed by atoms with E-state index in [9.17, 15) is 4.79 Å². The predicted octanol–water partition coefficient (Wildman–Crippen LogP) is 3.20. The Labute approximate surface area is 171 Å². The van der Waals surface area contributed by atoms with E-state index in [1.54, 1.807) is 10.9 Å². The average molecular weight is 390 g/mol. The number of para-hydroxylation sites is 3. The smallest absolute Gasteiger partial charge is 0.228 e. The summed E-state index contributed by atoms with van der Waals surface area (Å²) in [5, 5.41) is 7.48. The van der Waals surface area contributed by atoms with Gasteiger partial charge in [-0.25, -0.2) is 4.68 Å². The monoisotopic (exact) mass is 389 g/mol. The first kappa shape index (κ1) is 19.2. The third-order valence-corrected chi connectivity index (χ3v) is 5.36. The van der Waals surface area contributed by atoms with Crippen molar-refractivity contribution in [2.75, 3.05) is 42.9 Å². The largest absolute Gasteiger partial charge is 0.367 e. The molecule has 0 spiro atoms. The first-order valence-corrected chi connectivity index (χ1v) is 10.2. The highest BCUT2D eigenvalue weighted by atomic mass is 16.1. The summed E-state index contributed by atoms with van der Waals surface area (Å²) in [6, 6.07) is 18.0. The van der Waals surface area contributed by atoms with E-state index < -0.39 is 0 Å². The number of benzene rings is 2. The topological polar surface area (TPSA) is 53.4 Å². The van der Waals surface area contributed by atoms with E-state index in [1.807, 2.05) is 54.7 Å². The molecule has 0 aliphatic carbocycles. The summed E-state index contributed by atoms with van der Waals surface area (Å²) in [6.45, 7) is 7.34. The van der Waals surface area contributed by atoms with Crippen LogP contribution in [0, 0.1) is 0 Å². The van der Waals surface area contributed by atoms with E-state index in [0.717, 1.165) is 55.3 Å². The molecule has 3 aromatic rings. The maximum Gasteiger partial charge on any atom is 0.228 e. The SMILES string of the molecule is CCN1CCN(c2ccccc2NC(=O)Cc2cnn(-c3ccccc3)c2)CC1. The van der Waals surface area contributed by atoms with Crippen molar-refractivity contribution in [2.24, 2.45) is 0 Å². The summed E-state index contributed by atoms with van der Waals surface area (Å²) >= 11 is 0. The van der Waals surface area contributed by atoms with Gasteiger partial charge in [0.05, 0.1) is 29.7 Å². The molecule has 4 rings (SSSR count). The van der Waals surface area contributed by atoms with E-state index >= 15 is 0 Å². The molecule has 1 N–H and O–H groups in total. The lowest BCUT2D eigenvalue weighted by Gasteiger charge is -2.36. The molecule has 1 saturated heterocycles. The van der Waals surface area contributed by atoms with Gasteiger partial charge in [-0.3, -0.25) is 4.79 Å². The Bertz CT molecular complexity index is 945. The molecule has 1 aliphatic heterocycles. The minimum atomic E-state index is -0.0303. The molecule has 0 bridgehead atoms. The molecule has 0 atom stereocenters. The third-order valence-electron chi connectivity index (χ3n) is 5.36. The van der Waals surface area contributed by atoms with Gasteiger partial charge >= 0.3 is 0 Å². The maximum atomic E-state index is 12.7. The van der Waals surface area contributed by atoms with Gasteiger partial charge in [0.25, 0.3) is 0 Å². The number of rotatable bonds is 6. The van der Waals surface area contributed by atoms with Gasteiger partial charge in [0.2, 0.25) is 5.91 Å². The van der Waals surface area contributed by atoms with Gasteiger partial charge in [-0.1, -0.05) is 37.3 Å². The zero-order valence-electron chi connectivity index (χ0n) is 16.8. The van der Waals surface area contributed by atoms with Crippen molar-refractivity contribution in [1.82, 2.24) is 14.7 Å². The van der Waals surface area contributed by atoms with Crippen LogP contribution >= 0.6 is 0 Å². The molecular formula is C23H27N5O. The molecule has 2 heterocycles. The van der Waals surface area contributed by atoms with Crippen LogP contribution < -0.4 is 10.2 Å². The molecule has 1 aliphatic rings. The van der Waals surface area contributed by atoms with Crippen molar-refractivity contribution in [3.8, 4) is 5.69 Å². The molecule has 1 amide bonds. The molecule has 1 fully saturated rings. The van der Waals surface area contributed by atoms with Crippen LogP contribution in [0.5, 0.6) is 0 Å². The maximum absolute atomic E-state index is 12.7. The molecule has 150 valence electrons. The lowest BCUT2D eigenvalue weighted by atomic mass is 10.2. The van der Waals surface area contributed by atoms with Crippen molar-refractivity contribution in [3.63, 3.8) is 0 Å². The number of carbonyl (C=O) groups excluding carboxylic acids is 1. The lowest BCUT2D eigenvalue weighted by molar-refractivity contribution is -0.115. The van der Waals surface area contributed by atoms with Gasteiger partial charge < -0.3 is 15.1 Å². The summed E-state index contributed by atoms with van der Waals surface area (Å²) < 4.78 is 1.80. The second kappa shape index (κ2) is 8.92. The van der Waals surface area contributed by atoms with E-state index in [2.05, 4.69) is 33.2 Å². The molecule has 29 heavy (non-hydrogen) atoms. The normalized spacial score (nSPS) is 14.7. The van der Waals surface area contributed by atoms with Gasteiger partial charge in [-0.05, 0) is 36.4 Å². The Kier molecular flexibility index (Phi) is 5.91. The molecule has 6 heteroatoms. The van der Waals surface area contributed by atoms with Crippen LogP contribution in [-0.4, -0.2) is 53.3 Å². The first-order valence-electron chi connectivity index (χ1n) is 10.2. The van der Waals surface area contributed by atoms with Crippen molar-refractivity contribution < 1.29 is 4.79 Å². The predicted molar refractivity (Wildman–Crippen MR) is 117 cm³/mol. The molecule has 1 aromatic heterocycles. The van der Waals surface area contributed by atoms with Gasteiger partial charge in [-0.15, -0.1) is 0 Å². The summed E-state index contributed by atoms with van der Waals surface area (Å²) in [6.07, 6.45) is 3.96. The molecule has 0 saturated carbocycles. The van der Waals surface area contributed by atoms with E-state index in [4.69, 9.17) is 0 Å². The fraction of sp³-hybridized carbons (Fsp3) is 0.304. The average Bonchev–Trinajstić information content (AvgIpc) is 3.23. The minimum absolute atomic E-state index is 0.0303. The highest BCUT2D eigenvalue weighted by Gasteiger charge is 2.19. The van der Waals surface area contributed by atoms with Crippen LogP contribution in [0.2, 0.25) is 0 Å². The van der Waals surface area contributed by atoms with Gasteiger partial charge in [0, 0.05) is 32.4 Å². The molecule has 0 unspecified atom stereocenters. The zero-order chi connectivity index (χ0) is 20.1. The summed E-state index contributed by atoms with van der Waals surface area (Å²) in [4.78, 5) is 17.5. The summed E-state index contributed by atoms with van der Waals surface area (Å²) in [5.74, 6) is -0.0303. The van der Waals surface area contributed by atoms with Gasteiger partial charge in [0.1, 0.15) is 0 Å². The van der Waals surface area contributed by atoms with Gasteiger partial charge in [0.15, 0.2) is 0 Å². The Morgan fingerprint density at radius 1 is 1.00 bits per heavy atom. The van der Waals surface area contributed by atoms with E-state index in [1.165, 1.54) is 0 Å². The quantitative estimate of drug-likeness (QED) is 0.703. The zero-order valence-corrected chi connectivity index (χ0v) is 16.8. The third kappa shape index (κ3) is 4.66. The number of carbonyl (C=O) groups is 1. The summed E-state index contributed by atoms with van der Waals surface area (Å²) in [7, 11) is 0. The van der Waals surface area contributed by atoms with Crippen molar-refractivity contribution in [1.29, 1.82) is 0 Å². The van der Waals surface area contributed by atoms with Crippen LogP contribution in [0.15, 0.2) is 67.0 Å². The fourth-order valence-electron chi connectivity index (χ4n) is 3.71. The number of aromatic nitrogens is 2. The number of piperazine rings is 1. The number of nitrogens with zero attached hydrogens (tertiary/aromatic N) is 4. The van der Waals surface area contributed by atoms with Crippen molar-refractivity contribution >= 4 is 17.3 Å². The Hall–Kier alpha value is -3.12. The minimum Gasteiger partial charge on any atom is -0.367 e. The standard InChI is InChI=1S/C23H27N5O/c1-2-26-12-14-27(15-13-26)22-11-7-6-10-21(22)25-23(29)16-19-17-24-28(18-19)20-8-4-3-5-9-20/h3-11,17-18H,2,12-16H2,1H3,(H,25,29). The Balaban J connectivity index is 1.41. The van der Waals surface area contributed by atoms with Gasteiger partial charge in [-0.2, -0.15) is 5.10 Å².